The summed E-state index contributed by atoms with van der Waals surface area (Å²) in [6, 6.07) is 9.49. The number of amides is 1. The van der Waals surface area contributed by atoms with Gasteiger partial charge in [-0.1, -0.05) is 13.0 Å². The van der Waals surface area contributed by atoms with Gasteiger partial charge in [0.05, 0.1) is 25.3 Å². The number of Topliss-reactive ketones (excluding diaryl/α,β-unsaturated/α-hetero) is 1. The molecule has 1 fully saturated rings. The van der Waals surface area contributed by atoms with Gasteiger partial charge in [0.15, 0.2) is 11.5 Å². The number of carbonyl (C=O) groups is 2. The Balaban J connectivity index is 2.14. The maximum atomic E-state index is 13.4. The predicted molar refractivity (Wildman–Crippen MR) is 123 cm³/mol. The van der Waals surface area contributed by atoms with Crippen molar-refractivity contribution in [2.75, 3.05) is 40.9 Å². The van der Waals surface area contributed by atoms with Crippen molar-refractivity contribution in [3.05, 3.63) is 65.0 Å². The monoisotopic (exact) mass is 456 g/mol. The minimum absolute atomic E-state index is 0.0466. The van der Waals surface area contributed by atoms with Crippen molar-refractivity contribution >= 4 is 17.4 Å². The van der Waals surface area contributed by atoms with Gasteiger partial charge in [-0.25, -0.2) is 4.39 Å². The molecule has 2 aromatic carbocycles. The van der Waals surface area contributed by atoms with Gasteiger partial charge in [0, 0.05) is 18.7 Å². The summed E-state index contributed by atoms with van der Waals surface area (Å²) < 4.78 is 24.6. The number of hydrogen-bond donors (Lipinski definition) is 1. The molecule has 1 aliphatic rings. The lowest BCUT2D eigenvalue weighted by Gasteiger charge is -2.27. The van der Waals surface area contributed by atoms with E-state index in [-0.39, 0.29) is 23.4 Å². The van der Waals surface area contributed by atoms with Gasteiger partial charge in [0.1, 0.15) is 11.6 Å². The molecular formula is C25H29FN2O5. The molecule has 1 amide bonds. The van der Waals surface area contributed by atoms with Gasteiger partial charge in [-0.2, -0.15) is 0 Å². The Bertz CT molecular complexity index is 1050. The molecule has 1 atom stereocenters. The van der Waals surface area contributed by atoms with E-state index in [0.29, 0.717) is 30.2 Å². The molecule has 7 nitrogen and oxygen atoms in total. The lowest BCUT2D eigenvalue weighted by Crippen LogP contribution is -2.35. The van der Waals surface area contributed by atoms with Crippen LogP contribution < -0.4 is 9.47 Å². The molecular weight excluding hydrogens is 427 g/mol. The molecule has 8 heteroatoms. The van der Waals surface area contributed by atoms with Crippen LogP contribution in [0.4, 0.5) is 4.39 Å². The van der Waals surface area contributed by atoms with Crippen LogP contribution in [0.15, 0.2) is 48.0 Å². The van der Waals surface area contributed by atoms with E-state index in [1.165, 1.54) is 36.3 Å². The van der Waals surface area contributed by atoms with Crippen LogP contribution in [0.5, 0.6) is 11.5 Å². The van der Waals surface area contributed by atoms with Crippen LogP contribution in [0.2, 0.25) is 0 Å². The molecule has 0 radical (unpaired) electrons. The molecule has 1 N–H and O–H groups in total. The fraction of sp³-hybridized carbons (Fsp3) is 0.360. The van der Waals surface area contributed by atoms with Gasteiger partial charge in [-0.05, 0) is 62.5 Å². The number of rotatable bonds is 9. The number of ketones is 1. The van der Waals surface area contributed by atoms with Crippen LogP contribution >= 0.6 is 0 Å². The zero-order chi connectivity index (χ0) is 24.1. The van der Waals surface area contributed by atoms with E-state index >= 15 is 0 Å². The normalized spacial score (nSPS) is 17.6. The highest BCUT2D eigenvalue weighted by Crippen LogP contribution is 2.41. The summed E-state index contributed by atoms with van der Waals surface area (Å²) in [6.07, 6.45) is 0.827. The Morgan fingerprint density at radius 1 is 1.12 bits per heavy atom. The second-order valence-corrected chi connectivity index (χ2v) is 8.06. The lowest BCUT2D eigenvalue weighted by atomic mass is 9.95. The van der Waals surface area contributed by atoms with Gasteiger partial charge in [0.2, 0.25) is 0 Å². The fourth-order valence-corrected chi connectivity index (χ4v) is 3.71. The Morgan fingerprint density at radius 3 is 2.42 bits per heavy atom. The van der Waals surface area contributed by atoms with Crippen molar-refractivity contribution in [1.82, 2.24) is 9.80 Å². The van der Waals surface area contributed by atoms with E-state index in [1.807, 2.05) is 25.9 Å². The molecule has 1 saturated heterocycles. The number of hydrogen-bond acceptors (Lipinski definition) is 6. The molecule has 176 valence electrons. The number of likely N-dealkylation sites (tertiary alicyclic amines) is 1. The number of methoxy groups -OCH3 is 1. The molecule has 0 aromatic heterocycles. The van der Waals surface area contributed by atoms with Crippen molar-refractivity contribution in [1.29, 1.82) is 0 Å². The smallest absolute Gasteiger partial charge is 0.295 e. The average Bonchev–Trinajstić information content (AvgIpc) is 3.06. The van der Waals surface area contributed by atoms with Crippen LogP contribution in [0.3, 0.4) is 0 Å². The molecule has 0 spiro atoms. The van der Waals surface area contributed by atoms with Gasteiger partial charge < -0.3 is 24.4 Å². The second-order valence-electron chi connectivity index (χ2n) is 8.06. The lowest BCUT2D eigenvalue weighted by molar-refractivity contribution is -0.140. The number of aliphatic hydroxyl groups is 1. The highest BCUT2D eigenvalue weighted by Gasteiger charge is 2.46. The number of ether oxygens (including phenoxy) is 2. The zero-order valence-corrected chi connectivity index (χ0v) is 19.3. The first kappa shape index (κ1) is 24.3. The number of halogens is 1. The summed E-state index contributed by atoms with van der Waals surface area (Å²) in [4.78, 5) is 29.3. The first-order valence-electron chi connectivity index (χ1n) is 10.8. The molecule has 0 unspecified atom stereocenters. The van der Waals surface area contributed by atoms with Crippen LogP contribution in [0.25, 0.3) is 5.76 Å². The summed E-state index contributed by atoms with van der Waals surface area (Å²) in [7, 11) is 5.25. The minimum atomic E-state index is -0.830. The van der Waals surface area contributed by atoms with E-state index in [9.17, 15) is 19.1 Å². The molecule has 2 aromatic rings. The maximum absolute atomic E-state index is 13.4. The summed E-state index contributed by atoms with van der Waals surface area (Å²) in [6.45, 7) is 3.31. The number of likely N-dealkylation sites (N-methyl/N-ethyl adjacent to an activating group) is 1. The average molecular weight is 457 g/mol. The fourth-order valence-electron chi connectivity index (χ4n) is 3.71. The quantitative estimate of drug-likeness (QED) is 0.353. The molecule has 3 rings (SSSR count). The standard InChI is InChI=1S/C25H29FN2O5/c1-5-14-33-19-11-8-17(15-20(19)32-4)22-21(23(29)16-6-9-18(26)10-7-16)24(30)25(31)28(22)13-12-27(2)3/h6-11,15,22,29H,5,12-14H2,1-4H3/t22-/m1/s1. The Kier molecular flexibility index (Phi) is 7.71. The molecule has 1 heterocycles. The van der Waals surface area contributed by atoms with Gasteiger partial charge in [-0.15, -0.1) is 0 Å². The van der Waals surface area contributed by atoms with E-state index in [4.69, 9.17) is 9.47 Å². The van der Waals surface area contributed by atoms with Crippen molar-refractivity contribution in [2.24, 2.45) is 0 Å². The van der Waals surface area contributed by atoms with Crippen molar-refractivity contribution in [3.8, 4) is 11.5 Å². The summed E-state index contributed by atoms with van der Waals surface area (Å²) >= 11 is 0. The highest BCUT2D eigenvalue weighted by molar-refractivity contribution is 6.46. The van der Waals surface area contributed by atoms with E-state index in [2.05, 4.69) is 0 Å². The number of nitrogens with zero attached hydrogens (tertiary/aromatic N) is 2. The van der Waals surface area contributed by atoms with Gasteiger partial charge in [0.25, 0.3) is 11.7 Å². The maximum Gasteiger partial charge on any atom is 0.295 e. The third kappa shape index (κ3) is 5.17. The summed E-state index contributed by atoms with van der Waals surface area (Å²) in [5.74, 6) is -1.30. The first-order valence-corrected chi connectivity index (χ1v) is 10.8. The second kappa shape index (κ2) is 10.5. The largest absolute Gasteiger partial charge is 0.507 e. The van der Waals surface area contributed by atoms with Crippen LogP contribution in [-0.2, 0) is 9.59 Å². The van der Waals surface area contributed by atoms with Crippen LogP contribution in [0, 0.1) is 5.82 Å². The SMILES string of the molecule is CCCOc1ccc([C@@H]2C(=C(O)c3ccc(F)cc3)C(=O)C(=O)N2CCN(C)C)cc1OC. The minimum Gasteiger partial charge on any atom is -0.507 e. The summed E-state index contributed by atoms with van der Waals surface area (Å²) in [5, 5.41) is 11.0. The highest BCUT2D eigenvalue weighted by atomic mass is 19.1. The molecule has 0 aliphatic carbocycles. The molecule has 0 saturated carbocycles. The molecule has 0 bridgehead atoms. The number of aliphatic hydroxyl groups excluding tert-OH is 1. The number of benzene rings is 2. The Labute approximate surface area is 193 Å². The van der Waals surface area contributed by atoms with E-state index < -0.39 is 23.5 Å². The van der Waals surface area contributed by atoms with Gasteiger partial charge in [-0.3, -0.25) is 9.59 Å². The Hall–Kier alpha value is -3.39. The van der Waals surface area contributed by atoms with Crippen LogP contribution in [0.1, 0.15) is 30.5 Å². The first-order chi connectivity index (χ1) is 15.8. The predicted octanol–water partition coefficient (Wildman–Crippen LogP) is 3.61. The Morgan fingerprint density at radius 2 is 1.82 bits per heavy atom. The van der Waals surface area contributed by atoms with Gasteiger partial charge >= 0.3 is 0 Å². The van der Waals surface area contributed by atoms with E-state index in [1.54, 1.807) is 18.2 Å². The molecule has 1 aliphatic heterocycles. The summed E-state index contributed by atoms with van der Waals surface area (Å²) in [5.41, 5.74) is 0.800. The van der Waals surface area contributed by atoms with Crippen molar-refractivity contribution in [2.45, 2.75) is 19.4 Å². The van der Waals surface area contributed by atoms with Crippen LogP contribution in [-0.4, -0.2) is 67.5 Å². The van der Waals surface area contributed by atoms with Crippen molar-refractivity contribution < 1.29 is 28.6 Å². The third-order valence-electron chi connectivity index (χ3n) is 5.41. The number of carbonyl (C=O) groups excluding carboxylic acids is 2. The van der Waals surface area contributed by atoms with Crippen molar-refractivity contribution in [3.63, 3.8) is 0 Å². The zero-order valence-electron chi connectivity index (χ0n) is 19.3. The van der Waals surface area contributed by atoms with E-state index in [0.717, 1.165) is 6.42 Å². The molecule has 33 heavy (non-hydrogen) atoms. The third-order valence-corrected chi connectivity index (χ3v) is 5.41. The topological polar surface area (TPSA) is 79.3 Å².